The van der Waals surface area contributed by atoms with Gasteiger partial charge in [-0.25, -0.2) is 0 Å². The summed E-state index contributed by atoms with van der Waals surface area (Å²) in [7, 11) is 0. The smallest absolute Gasteiger partial charge is 0.178 e. The highest BCUT2D eigenvalue weighted by atomic mass is 16.1. The van der Waals surface area contributed by atoms with Crippen LogP contribution in [0.25, 0.3) is 22.3 Å². The predicted molar refractivity (Wildman–Crippen MR) is 130 cm³/mol. The lowest BCUT2D eigenvalue weighted by Gasteiger charge is -1.93. The maximum absolute atomic E-state index is 10.6. The molecule has 32 heavy (non-hydrogen) atoms. The molecule has 3 aromatic heterocycles. The largest absolute Gasteiger partial charge is 0.353 e. The van der Waals surface area contributed by atoms with Crippen molar-refractivity contribution in [3.8, 4) is 11.4 Å². The van der Waals surface area contributed by atoms with Crippen molar-refractivity contribution in [1.82, 2.24) is 15.0 Å². The van der Waals surface area contributed by atoms with Crippen LogP contribution in [-0.2, 0) is 6.54 Å². The topological polar surface area (TPSA) is 84.7 Å². The van der Waals surface area contributed by atoms with Gasteiger partial charge in [0.1, 0.15) is 5.69 Å². The van der Waals surface area contributed by atoms with Crippen molar-refractivity contribution < 1.29 is 4.79 Å². The molecule has 5 nitrogen and oxygen atoms in total. The fourth-order valence-corrected chi connectivity index (χ4v) is 2.92. The van der Waals surface area contributed by atoms with Gasteiger partial charge in [-0.05, 0) is 42.0 Å². The molecule has 0 aliphatic carbocycles. The zero-order valence-electron chi connectivity index (χ0n) is 18.0. The highest BCUT2D eigenvalue weighted by Gasteiger charge is 2.02. The molecular weight excluding hydrogens is 396 g/mol. The normalized spacial score (nSPS) is 9.81. The monoisotopic (exact) mass is 422 g/mol. The summed E-state index contributed by atoms with van der Waals surface area (Å²) in [6.45, 7) is 2.14. The number of carbonyl (C=O) groups excluding carboxylic acids is 1. The molecule has 0 spiro atoms. The molecule has 0 atom stereocenters. The van der Waals surface area contributed by atoms with Gasteiger partial charge in [0.15, 0.2) is 5.78 Å². The molecule has 160 valence electrons. The Morgan fingerprint density at radius 3 is 2.00 bits per heavy atom. The van der Waals surface area contributed by atoms with Crippen LogP contribution < -0.4 is 5.73 Å². The van der Waals surface area contributed by atoms with E-state index < -0.39 is 0 Å². The molecule has 3 heterocycles. The number of aromatic nitrogens is 3. The fraction of sp³-hybridized carbons (Fsp3) is 0.0741. The van der Waals surface area contributed by atoms with E-state index in [0.717, 1.165) is 16.9 Å². The minimum absolute atomic E-state index is 0.00981. The highest BCUT2D eigenvalue weighted by Crippen LogP contribution is 2.21. The number of nitrogens with zero attached hydrogens (tertiary/aromatic N) is 2. The van der Waals surface area contributed by atoms with Crippen LogP contribution in [0.3, 0.4) is 0 Å². The number of para-hydroxylation sites is 1. The average molecular weight is 423 g/mol. The van der Waals surface area contributed by atoms with Crippen LogP contribution in [0.4, 0.5) is 0 Å². The summed E-state index contributed by atoms with van der Waals surface area (Å²) < 4.78 is 0. The van der Waals surface area contributed by atoms with E-state index in [9.17, 15) is 4.79 Å². The second-order valence-electron chi connectivity index (χ2n) is 6.95. The van der Waals surface area contributed by atoms with E-state index in [1.54, 1.807) is 30.6 Å². The summed E-state index contributed by atoms with van der Waals surface area (Å²) >= 11 is 0. The number of aromatic amines is 1. The Bertz CT molecular complexity index is 1190. The molecule has 0 saturated heterocycles. The number of fused-ring (bicyclic) bond motifs is 1. The number of benzene rings is 2. The molecule has 0 aliphatic heterocycles. The first-order valence-electron chi connectivity index (χ1n) is 10.3. The number of H-pyrrole nitrogens is 1. The predicted octanol–water partition coefficient (Wildman–Crippen LogP) is 5.66. The summed E-state index contributed by atoms with van der Waals surface area (Å²) in [6, 6.07) is 31.5. The molecule has 0 amide bonds. The van der Waals surface area contributed by atoms with Crippen molar-refractivity contribution in [3.63, 3.8) is 0 Å². The number of carbonyl (C=O) groups is 1. The molecule has 5 heteroatoms. The van der Waals surface area contributed by atoms with Gasteiger partial charge in [0.05, 0.1) is 11.4 Å². The van der Waals surface area contributed by atoms with Crippen molar-refractivity contribution in [2.45, 2.75) is 13.5 Å². The molecule has 0 fully saturated rings. The number of Topliss-reactive ketones (excluding diaryl/α,β-unsaturated/α-hetero) is 1. The molecule has 2 aromatic carbocycles. The Balaban J connectivity index is 0.000000147. The maximum atomic E-state index is 10.6. The van der Waals surface area contributed by atoms with Crippen molar-refractivity contribution in [3.05, 3.63) is 121 Å². The Morgan fingerprint density at radius 1 is 0.812 bits per heavy atom. The molecule has 0 saturated carbocycles. The Hall–Kier alpha value is -4.09. The van der Waals surface area contributed by atoms with Gasteiger partial charge in [-0.2, -0.15) is 0 Å². The number of rotatable bonds is 3. The minimum Gasteiger partial charge on any atom is -0.353 e. The third-order valence-corrected chi connectivity index (χ3v) is 4.57. The van der Waals surface area contributed by atoms with Gasteiger partial charge in [-0.1, -0.05) is 60.7 Å². The lowest BCUT2D eigenvalue weighted by molar-refractivity contribution is 0.101. The third-order valence-electron chi connectivity index (χ3n) is 4.57. The minimum atomic E-state index is 0.00981. The zero-order valence-corrected chi connectivity index (χ0v) is 18.0. The quantitative estimate of drug-likeness (QED) is 0.368. The van der Waals surface area contributed by atoms with E-state index in [-0.39, 0.29) is 5.78 Å². The molecule has 0 aliphatic rings. The summed E-state index contributed by atoms with van der Waals surface area (Å²) in [5.41, 5.74) is 10.3. The van der Waals surface area contributed by atoms with Crippen molar-refractivity contribution in [1.29, 1.82) is 0 Å². The van der Waals surface area contributed by atoms with E-state index in [4.69, 9.17) is 5.73 Å². The number of ketones is 1. The Kier molecular flexibility index (Phi) is 8.42. The van der Waals surface area contributed by atoms with Crippen LogP contribution in [0.1, 0.15) is 23.0 Å². The first-order valence-corrected chi connectivity index (χ1v) is 10.3. The van der Waals surface area contributed by atoms with E-state index >= 15 is 0 Å². The van der Waals surface area contributed by atoms with Gasteiger partial charge in [0.2, 0.25) is 0 Å². The van der Waals surface area contributed by atoms with E-state index in [1.807, 2.05) is 60.7 Å². The van der Waals surface area contributed by atoms with Crippen LogP contribution in [0.2, 0.25) is 0 Å². The van der Waals surface area contributed by atoms with Crippen LogP contribution >= 0.6 is 0 Å². The SMILES string of the molecule is CC(=O)c1ccccn1.NCc1ccccc1.c1ccc(-c2cc3ccccc3[nH]2)nc1. The van der Waals surface area contributed by atoms with Gasteiger partial charge < -0.3 is 10.7 Å². The third kappa shape index (κ3) is 6.72. The molecule has 5 aromatic rings. The maximum Gasteiger partial charge on any atom is 0.178 e. The van der Waals surface area contributed by atoms with Crippen molar-refractivity contribution in [2.75, 3.05) is 0 Å². The van der Waals surface area contributed by atoms with Crippen molar-refractivity contribution in [2.24, 2.45) is 5.73 Å². The number of nitrogens with one attached hydrogen (secondary N) is 1. The Labute approximate surface area is 188 Å². The van der Waals surface area contributed by atoms with Crippen LogP contribution in [0.5, 0.6) is 0 Å². The number of nitrogens with two attached hydrogens (primary N) is 1. The second-order valence-corrected chi connectivity index (χ2v) is 6.95. The number of hydrogen-bond acceptors (Lipinski definition) is 4. The Morgan fingerprint density at radius 2 is 1.47 bits per heavy atom. The van der Waals surface area contributed by atoms with Gasteiger partial charge in [-0.15, -0.1) is 0 Å². The molecule has 5 rings (SSSR count). The van der Waals surface area contributed by atoms with Gasteiger partial charge >= 0.3 is 0 Å². The van der Waals surface area contributed by atoms with Gasteiger partial charge in [-0.3, -0.25) is 14.8 Å². The summed E-state index contributed by atoms with van der Waals surface area (Å²) in [4.78, 5) is 22.1. The molecular formula is C27H26N4O. The highest BCUT2D eigenvalue weighted by molar-refractivity contribution is 5.91. The fourth-order valence-electron chi connectivity index (χ4n) is 2.92. The molecule has 3 N–H and O–H groups in total. The number of pyridine rings is 2. The van der Waals surface area contributed by atoms with Crippen LogP contribution in [0.15, 0.2) is 109 Å². The van der Waals surface area contributed by atoms with E-state index in [0.29, 0.717) is 12.2 Å². The standard InChI is InChI=1S/C13H10N2.C7H7NO.C7H9N/c1-2-6-11-10(5-1)9-13(15-11)12-7-3-4-8-14-12;1-6(9)7-4-2-3-5-8-7;8-6-7-4-2-1-3-5-7/h1-9,15H;2-5H,1H3;1-5H,6,8H2. The molecule has 0 unspecified atom stereocenters. The van der Waals surface area contributed by atoms with Gasteiger partial charge in [0, 0.05) is 36.8 Å². The lowest BCUT2D eigenvalue weighted by Crippen LogP contribution is -1.94. The summed E-state index contributed by atoms with van der Waals surface area (Å²) in [6.07, 6.45) is 3.41. The van der Waals surface area contributed by atoms with Crippen LogP contribution in [-0.4, -0.2) is 20.7 Å². The average Bonchev–Trinajstić information content (AvgIpc) is 3.31. The van der Waals surface area contributed by atoms with E-state index in [1.165, 1.54) is 17.9 Å². The van der Waals surface area contributed by atoms with Gasteiger partial charge in [0.25, 0.3) is 0 Å². The molecule has 0 radical (unpaired) electrons. The summed E-state index contributed by atoms with van der Waals surface area (Å²) in [5.74, 6) is 0.00981. The second kappa shape index (κ2) is 11.9. The van der Waals surface area contributed by atoms with Crippen LogP contribution in [0, 0.1) is 0 Å². The zero-order chi connectivity index (χ0) is 22.6. The van der Waals surface area contributed by atoms with Crippen molar-refractivity contribution >= 4 is 16.7 Å². The van der Waals surface area contributed by atoms with E-state index in [2.05, 4.69) is 33.2 Å². The number of hydrogen-bond donors (Lipinski definition) is 2. The molecule has 0 bridgehead atoms. The first-order chi connectivity index (χ1) is 15.7. The lowest BCUT2D eigenvalue weighted by atomic mass is 10.2. The first kappa shape index (κ1) is 22.6. The summed E-state index contributed by atoms with van der Waals surface area (Å²) in [5, 5.41) is 1.22.